The molecule has 1 unspecified atom stereocenters. The molecule has 1 aliphatic carbocycles. The highest BCUT2D eigenvalue weighted by molar-refractivity contribution is 5.66. The lowest BCUT2D eigenvalue weighted by Crippen LogP contribution is -2.24. The van der Waals surface area contributed by atoms with E-state index in [1.54, 1.807) is 0 Å². The Morgan fingerprint density at radius 3 is 1.91 bits per heavy atom. The quantitative estimate of drug-likeness (QED) is 0.0568. The van der Waals surface area contributed by atoms with E-state index in [1.165, 1.54) is 31.3 Å². The van der Waals surface area contributed by atoms with Gasteiger partial charge in [-0.1, -0.05) is 62.8 Å². The molecule has 1 atom stereocenters. The van der Waals surface area contributed by atoms with E-state index in [9.17, 15) is 4.79 Å². The molecule has 0 saturated heterocycles. The van der Waals surface area contributed by atoms with Crippen molar-refractivity contribution < 1.29 is 43.1 Å². The van der Waals surface area contributed by atoms with Gasteiger partial charge in [0, 0.05) is 26.2 Å². The molecule has 262 valence electrons. The van der Waals surface area contributed by atoms with Gasteiger partial charge in [-0.05, 0) is 56.9 Å². The first-order valence-electron chi connectivity index (χ1n) is 17.5. The molecule has 0 saturated carbocycles. The summed E-state index contributed by atoms with van der Waals surface area (Å²) in [4.78, 5) is 10.6. The molecular weight excluding hydrogens is 576 g/mol. The van der Waals surface area contributed by atoms with Gasteiger partial charge in [0.25, 0.3) is 0 Å². The number of ether oxygens (including phenoxy) is 7. The number of rotatable bonds is 36. The molecule has 9 nitrogen and oxygen atoms in total. The van der Waals surface area contributed by atoms with Crippen molar-refractivity contribution in [1.29, 1.82) is 0 Å². The minimum absolute atomic E-state index is 0.00849. The average molecular weight is 641 g/mol. The van der Waals surface area contributed by atoms with Crippen LogP contribution in [-0.4, -0.2) is 103 Å². The Balaban J connectivity index is 2.01. The summed E-state index contributed by atoms with van der Waals surface area (Å²) in [5.41, 5.74) is 1.25. The van der Waals surface area contributed by atoms with E-state index in [2.05, 4.69) is 24.8 Å². The zero-order chi connectivity index (χ0) is 32.3. The summed E-state index contributed by atoms with van der Waals surface area (Å²) in [5, 5.41) is 8.75. The maximum absolute atomic E-state index is 10.6. The number of allylic oxidation sites excluding steroid dienone is 3. The number of aliphatic carboxylic acids is 1. The number of unbranched alkanes of at least 4 members (excludes halogenated alkanes) is 9. The molecule has 0 aromatic carbocycles. The maximum atomic E-state index is 10.6. The summed E-state index contributed by atoms with van der Waals surface area (Å²) in [6, 6.07) is 0. The van der Waals surface area contributed by atoms with E-state index in [4.69, 9.17) is 38.3 Å². The van der Waals surface area contributed by atoms with E-state index in [-0.39, 0.29) is 12.5 Å². The normalized spacial score (nSPS) is 13.6. The van der Waals surface area contributed by atoms with Gasteiger partial charge in [-0.25, -0.2) is 0 Å². The van der Waals surface area contributed by atoms with Gasteiger partial charge in [-0.15, -0.1) is 6.58 Å². The molecule has 0 aromatic rings. The topological polar surface area (TPSA) is 102 Å². The fourth-order valence-corrected chi connectivity index (χ4v) is 4.67. The molecular formula is C36H64O9. The van der Waals surface area contributed by atoms with Crippen molar-refractivity contribution in [3.63, 3.8) is 0 Å². The van der Waals surface area contributed by atoms with Crippen LogP contribution < -0.4 is 0 Å². The summed E-state index contributed by atoms with van der Waals surface area (Å²) in [5.74, 6) is -0.718. The van der Waals surface area contributed by atoms with E-state index in [0.29, 0.717) is 79.3 Å². The first kappa shape index (κ1) is 41.4. The first-order valence-corrected chi connectivity index (χ1v) is 17.5. The van der Waals surface area contributed by atoms with Gasteiger partial charge >= 0.3 is 5.97 Å². The molecule has 0 spiro atoms. The molecule has 0 fully saturated rings. The Bertz CT molecular complexity index is 725. The summed E-state index contributed by atoms with van der Waals surface area (Å²) >= 11 is 0. The predicted octanol–water partition coefficient (Wildman–Crippen LogP) is 7.09. The van der Waals surface area contributed by atoms with Crippen LogP contribution >= 0.6 is 0 Å². The van der Waals surface area contributed by atoms with E-state index in [0.717, 1.165) is 70.8 Å². The lowest BCUT2D eigenvalue weighted by Gasteiger charge is -2.18. The van der Waals surface area contributed by atoms with Gasteiger partial charge in [-0.3, -0.25) is 4.79 Å². The van der Waals surface area contributed by atoms with Crippen LogP contribution in [0.4, 0.5) is 0 Å². The molecule has 1 rings (SSSR count). The molecule has 1 aliphatic rings. The fraction of sp³-hybridized carbons (Fsp3) is 0.806. The van der Waals surface area contributed by atoms with Crippen LogP contribution in [0.3, 0.4) is 0 Å². The summed E-state index contributed by atoms with van der Waals surface area (Å²) in [7, 11) is 0. The highest BCUT2D eigenvalue weighted by Crippen LogP contribution is 2.10. The fourth-order valence-electron chi connectivity index (χ4n) is 4.67. The van der Waals surface area contributed by atoms with Crippen LogP contribution in [0.25, 0.3) is 0 Å². The number of carbonyl (C=O) groups is 1. The Labute approximate surface area is 273 Å². The Morgan fingerprint density at radius 2 is 1.27 bits per heavy atom. The zero-order valence-electron chi connectivity index (χ0n) is 28.1. The number of carboxylic acid groups (broad SMARTS) is 1. The third-order valence-corrected chi connectivity index (χ3v) is 7.30. The molecule has 0 bridgehead atoms. The van der Waals surface area contributed by atoms with E-state index < -0.39 is 5.97 Å². The monoisotopic (exact) mass is 640 g/mol. The van der Waals surface area contributed by atoms with Crippen molar-refractivity contribution in [2.24, 2.45) is 0 Å². The second-order valence-corrected chi connectivity index (χ2v) is 11.4. The van der Waals surface area contributed by atoms with Crippen LogP contribution in [-0.2, 0) is 38.0 Å². The highest BCUT2D eigenvalue weighted by atomic mass is 16.6. The third kappa shape index (κ3) is 30.8. The van der Waals surface area contributed by atoms with Crippen molar-refractivity contribution in [2.75, 3.05) is 85.9 Å². The van der Waals surface area contributed by atoms with Gasteiger partial charge in [-0.2, -0.15) is 0 Å². The lowest BCUT2D eigenvalue weighted by atomic mass is 10.1. The number of carboxylic acids is 1. The molecule has 0 aromatic heterocycles. The van der Waals surface area contributed by atoms with Gasteiger partial charge in [0.1, 0.15) is 0 Å². The Kier molecular flexibility index (Phi) is 31.1. The summed E-state index contributed by atoms with van der Waals surface area (Å²) in [6.45, 7) is 11.4. The molecule has 45 heavy (non-hydrogen) atoms. The molecule has 9 heteroatoms. The molecule has 0 aliphatic heterocycles. The van der Waals surface area contributed by atoms with E-state index >= 15 is 0 Å². The van der Waals surface area contributed by atoms with Crippen molar-refractivity contribution in [1.82, 2.24) is 0 Å². The molecule has 0 heterocycles. The zero-order valence-corrected chi connectivity index (χ0v) is 28.1. The van der Waals surface area contributed by atoms with Crippen molar-refractivity contribution >= 4 is 5.97 Å². The molecule has 0 amide bonds. The summed E-state index contributed by atoms with van der Waals surface area (Å²) < 4.78 is 40.2. The third-order valence-electron chi connectivity index (χ3n) is 7.30. The standard InChI is InChI=1S/C36H64O9/c1-2-3-4-5-6-9-15-21-39-23-20-35(45-22-16-10-7-8-14-19-36(37)38)33-44-31-29-42-27-25-40-24-26-41-28-30-43-32-34-17-12-11-13-18-34/h2,12,17-18,35H,1,3-11,13-16,19-33H2,(H,37,38). The van der Waals surface area contributed by atoms with Crippen LogP contribution in [0.1, 0.15) is 96.3 Å². The highest BCUT2D eigenvalue weighted by Gasteiger charge is 2.10. The van der Waals surface area contributed by atoms with Gasteiger partial charge < -0.3 is 38.3 Å². The summed E-state index contributed by atoms with van der Waals surface area (Å²) in [6.07, 6.45) is 23.7. The van der Waals surface area contributed by atoms with Crippen molar-refractivity contribution in [2.45, 2.75) is 102 Å². The first-order chi connectivity index (χ1) is 22.2. The van der Waals surface area contributed by atoms with Crippen molar-refractivity contribution in [3.05, 3.63) is 36.5 Å². The largest absolute Gasteiger partial charge is 0.481 e. The number of hydrogen-bond donors (Lipinski definition) is 1. The second-order valence-electron chi connectivity index (χ2n) is 11.4. The lowest BCUT2D eigenvalue weighted by molar-refractivity contribution is -0.137. The Morgan fingerprint density at radius 1 is 0.689 bits per heavy atom. The molecule has 0 radical (unpaired) electrons. The van der Waals surface area contributed by atoms with Gasteiger partial charge in [0.15, 0.2) is 0 Å². The van der Waals surface area contributed by atoms with Crippen LogP contribution in [0, 0.1) is 0 Å². The van der Waals surface area contributed by atoms with Crippen molar-refractivity contribution in [3.8, 4) is 0 Å². The Hall–Kier alpha value is -1.59. The van der Waals surface area contributed by atoms with Crippen LogP contribution in [0.15, 0.2) is 36.5 Å². The van der Waals surface area contributed by atoms with Crippen LogP contribution in [0.5, 0.6) is 0 Å². The van der Waals surface area contributed by atoms with E-state index in [1.807, 2.05) is 6.08 Å². The van der Waals surface area contributed by atoms with Gasteiger partial charge in [0.2, 0.25) is 0 Å². The minimum Gasteiger partial charge on any atom is -0.481 e. The average Bonchev–Trinajstić information content (AvgIpc) is 3.04. The smallest absolute Gasteiger partial charge is 0.303 e. The second kappa shape index (κ2) is 33.8. The minimum atomic E-state index is -0.718. The SMILES string of the molecule is C=CCCCCCCCOCCC(COCCOCCOCCOCCOCC1=CCCC=C1)OCCCCCCCC(=O)O. The maximum Gasteiger partial charge on any atom is 0.303 e. The predicted molar refractivity (Wildman–Crippen MR) is 179 cm³/mol. The van der Waals surface area contributed by atoms with Crippen LogP contribution in [0.2, 0.25) is 0 Å². The molecule has 1 N–H and O–H groups in total. The number of hydrogen-bond acceptors (Lipinski definition) is 8. The van der Waals surface area contributed by atoms with Gasteiger partial charge in [0.05, 0.1) is 72.2 Å².